The molecular formula is C62H36N2O2S2. The monoisotopic (exact) mass is 904 g/mol. The molecule has 0 aliphatic carbocycles. The quantitative estimate of drug-likeness (QED) is 0.166. The van der Waals surface area contributed by atoms with Gasteiger partial charge in [-0.05, 0) is 71.4 Å². The Morgan fingerprint density at radius 1 is 0.279 bits per heavy atom. The average Bonchev–Trinajstić information content (AvgIpc) is 4.18. The van der Waals surface area contributed by atoms with Gasteiger partial charge in [-0.25, -0.2) is 0 Å². The number of nitrogens with zero attached hydrogens (tertiary/aromatic N) is 2. The van der Waals surface area contributed by atoms with Crippen molar-refractivity contribution in [1.29, 1.82) is 0 Å². The first-order valence-electron chi connectivity index (χ1n) is 22.9. The lowest BCUT2D eigenvalue weighted by Gasteiger charge is -2.27. The minimum Gasteiger partial charge on any atom is -0.454 e. The molecule has 4 heterocycles. The SMILES string of the molecule is c1ccc(N(c2cc3sc4c(ccc5c4sc4cc(N(c6ccccc6)c6cccc7c6oc6ccccc67)c6ccccc6c45)c3c3ccccc23)c2cccc3c2oc2ccccc23)cc1. The molecular weight excluding hydrogens is 869 g/mol. The summed E-state index contributed by atoms with van der Waals surface area (Å²) >= 11 is 3.80. The molecule has 0 atom stereocenters. The van der Waals surface area contributed by atoms with Crippen LogP contribution in [0.3, 0.4) is 0 Å². The van der Waals surface area contributed by atoms with Gasteiger partial charge in [0.15, 0.2) is 11.2 Å². The van der Waals surface area contributed by atoms with Crippen LogP contribution in [0.15, 0.2) is 227 Å². The maximum atomic E-state index is 6.72. The molecule has 0 radical (unpaired) electrons. The number of rotatable bonds is 6. The highest BCUT2D eigenvalue weighted by atomic mass is 32.1. The molecule has 0 unspecified atom stereocenters. The van der Waals surface area contributed by atoms with E-state index in [9.17, 15) is 0 Å². The van der Waals surface area contributed by atoms with Crippen LogP contribution in [-0.4, -0.2) is 0 Å². The van der Waals surface area contributed by atoms with Crippen molar-refractivity contribution in [3.05, 3.63) is 218 Å². The van der Waals surface area contributed by atoms with Crippen molar-refractivity contribution in [2.45, 2.75) is 0 Å². The van der Waals surface area contributed by atoms with Gasteiger partial charge in [0.1, 0.15) is 11.2 Å². The van der Waals surface area contributed by atoms with Gasteiger partial charge in [-0.2, -0.15) is 0 Å². The van der Waals surface area contributed by atoms with E-state index in [1.165, 1.54) is 61.9 Å². The van der Waals surface area contributed by atoms with Crippen LogP contribution >= 0.6 is 22.7 Å². The molecule has 6 heteroatoms. The van der Waals surface area contributed by atoms with Crippen LogP contribution in [0.25, 0.3) is 106 Å². The second-order valence-corrected chi connectivity index (χ2v) is 19.6. The normalized spacial score (nSPS) is 12.1. The molecule has 0 amide bonds. The lowest BCUT2D eigenvalue weighted by molar-refractivity contribution is 0.669. The Bertz CT molecular complexity index is 4230. The number of anilines is 6. The Morgan fingerprint density at radius 3 is 1.09 bits per heavy atom. The fraction of sp³-hybridized carbons (Fsp3) is 0. The summed E-state index contributed by atoms with van der Waals surface area (Å²) in [5.74, 6) is 0. The van der Waals surface area contributed by atoms with E-state index in [0.717, 1.165) is 78.0 Å². The lowest BCUT2D eigenvalue weighted by Crippen LogP contribution is -2.10. The number of para-hydroxylation sites is 6. The molecule has 0 fully saturated rings. The van der Waals surface area contributed by atoms with Crippen molar-refractivity contribution in [3.63, 3.8) is 0 Å². The van der Waals surface area contributed by atoms with Crippen LogP contribution in [0, 0.1) is 0 Å². The molecule has 0 spiro atoms. The molecule has 68 heavy (non-hydrogen) atoms. The van der Waals surface area contributed by atoms with Crippen LogP contribution < -0.4 is 9.80 Å². The Kier molecular flexibility index (Phi) is 8.07. The fourth-order valence-electron chi connectivity index (χ4n) is 10.9. The highest BCUT2D eigenvalue weighted by Crippen LogP contribution is 2.53. The number of hydrogen-bond donors (Lipinski definition) is 0. The second kappa shape index (κ2) is 14.5. The van der Waals surface area contributed by atoms with Crippen molar-refractivity contribution in [2.75, 3.05) is 9.80 Å². The fourth-order valence-corrected chi connectivity index (χ4v) is 13.6. The zero-order valence-electron chi connectivity index (χ0n) is 36.3. The third-order valence-corrected chi connectivity index (χ3v) is 16.3. The number of fused-ring (bicyclic) bond motifs is 17. The summed E-state index contributed by atoms with van der Waals surface area (Å²) in [6, 6.07) is 78.5. The molecule has 318 valence electrons. The Labute approximate surface area is 397 Å². The van der Waals surface area contributed by atoms with Crippen LogP contribution in [0.5, 0.6) is 0 Å². The van der Waals surface area contributed by atoms with Gasteiger partial charge in [-0.15, -0.1) is 22.7 Å². The summed E-state index contributed by atoms with van der Waals surface area (Å²) in [4.78, 5) is 4.79. The predicted molar refractivity (Wildman–Crippen MR) is 291 cm³/mol. The third kappa shape index (κ3) is 5.41. The third-order valence-electron chi connectivity index (χ3n) is 13.8. The molecule has 0 saturated heterocycles. The number of hydrogen-bond acceptors (Lipinski definition) is 6. The molecule has 15 aromatic rings. The van der Waals surface area contributed by atoms with Crippen molar-refractivity contribution in [2.24, 2.45) is 0 Å². The largest absolute Gasteiger partial charge is 0.454 e. The second-order valence-electron chi connectivity index (χ2n) is 17.5. The predicted octanol–water partition coefficient (Wildman–Crippen LogP) is 19.5. The molecule has 0 saturated carbocycles. The van der Waals surface area contributed by atoms with Gasteiger partial charge >= 0.3 is 0 Å². The van der Waals surface area contributed by atoms with Crippen molar-refractivity contribution in [1.82, 2.24) is 0 Å². The summed E-state index contributed by atoms with van der Waals surface area (Å²) in [5.41, 5.74) is 9.90. The van der Waals surface area contributed by atoms with Crippen molar-refractivity contribution >= 4 is 163 Å². The molecule has 0 aliphatic rings. The maximum Gasteiger partial charge on any atom is 0.159 e. The minimum atomic E-state index is 0.872. The van der Waals surface area contributed by atoms with E-state index in [-0.39, 0.29) is 0 Å². The number of thiophene rings is 2. The highest BCUT2D eigenvalue weighted by molar-refractivity contribution is 7.33. The first-order valence-corrected chi connectivity index (χ1v) is 24.5. The summed E-state index contributed by atoms with van der Waals surface area (Å²) in [6.45, 7) is 0. The molecule has 0 aliphatic heterocycles. The summed E-state index contributed by atoms with van der Waals surface area (Å²) in [5, 5.41) is 14.4. The van der Waals surface area contributed by atoms with E-state index < -0.39 is 0 Å². The van der Waals surface area contributed by atoms with Crippen molar-refractivity contribution < 1.29 is 8.83 Å². The Balaban J connectivity index is 0.985. The van der Waals surface area contributed by atoms with Crippen LogP contribution in [-0.2, 0) is 0 Å². The summed E-state index contributed by atoms with van der Waals surface area (Å²) in [7, 11) is 0. The summed E-state index contributed by atoms with van der Waals surface area (Å²) in [6.07, 6.45) is 0. The van der Waals surface area contributed by atoms with Crippen LogP contribution in [0.2, 0.25) is 0 Å². The van der Waals surface area contributed by atoms with Gasteiger partial charge in [-0.1, -0.05) is 158 Å². The smallest absolute Gasteiger partial charge is 0.159 e. The first-order chi connectivity index (χ1) is 33.7. The minimum absolute atomic E-state index is 0.872. The summed E-state index contributed by atoms with van der Waals surface area (Å²) < 4.78 is 18.6. The first kappa shape index (κ1) is 37.8. The van der Waals surface area contributed by atoms with E-state index in [0.29, 0.717) is 0 Å². The highest BCUT2D eigenvalue weighted by Gasteiger charge is 2.26. The molecule has 15 rings (SSSR count). The molecule has 11 aromatic carbocycles. The average molecular weight is 905 g/mol. The molecule has 0 bridgehead atoms. The van der Waals surface area contributed by atoms with E-state index >= 15 is 0 Å². The van der Waals surface area contributed by atoms with Gasteiger partial charge in [0.2, 0.25) is 0 Å². The zero-order chi connectivity index (χ0) is 44.5. The van der Waals surface area contributed by atoms with E-state index in [1.807, 2.05) is 34.8 Å². The topological polar surface area (TPSA) is 32.8 Å². The van der Waals surface area contributed by atoms with E-state index in [4.69, 9.17) is 8.83 Å². The maximum absolute atomic E-state index is 6.72. The molecule has 4 nitrogen and oxygen atoms in total. The lowest BCUT2D eigenvalue weighted by atomic mass is 9.98. The Hall–Kier alpha value is -8.42. The van der Waals surface area contributed by atoms with Crippen LogP contribution in [0.4, 0.5) is 34.1 Å². The standard InChI is InChI=1S/C62H36N2O2S2/c1-3-17-37(18-4-1)63(49-29-15-27-45-41-23-11-13-31-53(41)65-59(45)49)51-35-55-57(43-25-9-7-21-39(43)51)47-33-34-48-58-44-26-10-8-22-40(44)52(36-56(58)68-62(48)61(47)67-55)64(38-19-5-2-6-20-38)50-30-16-28-46-42-24-12-14-32-54(42)66-60(46)50/h1-36H. The van der Waals surface area contributed by atoms with Gasteiger partial charge in [-0.3, -0.25) is 0 Å². The van der Waals surface area contributed by atoms with Gasteiger partial charge in [0, 0.05) is 74.6 Å². The van der Waals surface area contributed by atoms with E-state index in [1.54, 1.807) is 0 Å². The molecule has 4 aromatic heterocycles. The van der Waals surface area contributed by atoms with Gasteiger partial charge < -0.3 is 18.6 Å². The molecule has 0 N–H and O–H groups in total. The van der Waals surface area contributed by atoms with Crippen molar-refractivity contribution in [3.8, 4) is 0 Å². The zero-order valence-corrected chi connectivity index (χ0v) is 37.9. The van der Waals surface area contributed by atoms with Crippen LogP contribution in [0.1, 0.15) is 0 Å². The van der Waals surface area contributed by atoms with E-state index in [2.05, 4.69) is 216 Å². The van der Waals surface area contributed by atoms with Gasteiger partial charge in [0.05, 0.1) is 32.1 Å². The van der Waals surface area contributed by atoms with Gasteiger partial charge in [0.25, 0.3) is 0 Å². The Morgan fingerprint density at radius 2 is 0.647 bits per heavy atom. The number of benzene rings is 11. The number of furan rings is 2.